The highest BCUT2D eigenvalue weighted by molar-refractivity contribution is 7.89. The van der Waals surface area contributed by atoms with Crippen molar-refractivity contribution in [2.45, 2.75) is 71.1 Å². The van der Waals surface area contributed by atoms with Gasteiger partial charge in [0.2, 0.25) is 10.0 Å². The average Bonchev–Trinajstić information content (AvgIpc) is 2.49. The Balaban J connectivity index is 3.67. The minimum absolute atomic E-state index is 0.0701. The Bertz CT molecular complexity index is 327. The number of nitrogens with zero attached hydrogens (tertiary/aromatic N) is 1. The van der Waals surface area contributed by atoms with Crippen LogP contribution in [-0.4, -0.2) is 55.0 Å². The summed E-state index contributed by atoms with van der Waals surface area (Å²) >= 11 is 0. The van der Waals surface area contributed by atoms with Crippen LogP contribution in [0, 0.1) is 0 Å². The van der Waals surface area contributed by atoms with Gasteiger partial charge in [0.25, 0.3) is 0 Å². The van der Waals surface area contributed by atoms with Gasteiger partial charge in [-0.25, -0.2) is 8.42 Å². The molecule has 0 aliphatic heterocycles. The van der Waals surface area contributed by atoms with Gasteiger partial charge < -0.3 is 10.2 Å². The van der Waals surface area contributed by atoms with Gasteiger partial charge in [-0.15, -0.1) is 0 Å². The van der Waals surface area contributed by atoms with Crippen LogP contribution >= 0.6 is 0 Å². The molecule has 2 N–H and O–H groups in total. The Morgan fingerprint density at radius 2 is 1.14 bits per heavy atom. The molecule has 0 atom stereocenters. The molecule has 0 saturated heterocycles. The lowest BCUT2D eigenvalue weighted by Gasteiger charge is -2.20. The zero-order valence-corrected chi connectivity index (χ0v) is 15.0. The highest BCUT2D eigenvalue weighted by Crippen LogP contribution is 2.12. The van der Waals surface area contributed by atoms with E-state index in [1.165, 1.54) is 49.3 Å². The van der Waals surface area contributed by atoms with E-state index in [2.05, 4.69) is 6.92 Å². The monoisotopic (exact) mass is 337 g/mol. The summed E-state index contributed by atoms with van der Waals surface area (Å²) in [6, 6.07) is 0. The van der Waals surface area contributed by atoms with E-state index in [-0.39, 0.29) is 32.1 Å². The van der Waals surface area contributed by atoms with Crippen molar-refractivity contribution in [2.75, 3.05) is 32.1 Å². The number of sulfonamides is 1. The lowest BCUT2D eigenvalue weighted by molar-refractivity contribution is 0.217. The van der Waals surface area contributed by atoms with Crippen LogP contribution in [0.2, 0.25) is 0 Å². The van der Waals surface area contributed by atoms with Crippen molar-refractivity contribution in [1.82, 2.24) is 4.31 Å². The molecule has 0 aliphatic carbocycles. The van der Waals surface area contributed by atoms with Crippen LogP contribution in [0.5, 0.6) is 0 Å². The third-order valence-electron chi connectivity index (χ3n) is 3.85. The first-order valence-corrected chi connectivity index (χ1v) is 10.4. The van der Waals surface area contributed by atoms with Crippen molar-refractivity contribution >= 4 is 10.0 Å². The molecule has 0 unspecified atom stereocenters. The van der Waals surface area contributed by atoms with Crippen molar-refractivity contribution < 1.29 is 18.6 Å². The first-order chi connectivity index (χ1) is 10.6. The molecule has 0 saturated carbocycles. The summed E-state index contributed by atoms with van der Waals surface area (Å²) in [6.45, 7) is 1.94. The third kappa shape index (κ3) is 11.4. The van der Waals surface area contributed by atoms with E-state index in [1.807, 2.05) is 0 Å². The molecule has 6 heteroatoms. The van der Waals surface area contributed by atoms with Gasteiger partial charge in [0, 0.05) is 13.1 Å². The number of hydrogen-bond acceptors (Lipinski definition) is 4. The van der Waals surface area contributed by atoms with Crippen LogP contribution < -0.4 is 0 Å². The second kappa shape index (κ2) is 14.4. The van der Waals surface area contributed by atoms with Crippen molar-refractivity contribution in [2.24, 2.45) is 0 Å². The van der Waals surface area contributed by atoms with Crippen molar-refractivity contribution in [1.29, 1.82) is 0 Å². The smallest absolute Gasteiger partial charge is 0.214 e. The molecule has 0 heterocycles. The van der Waals surface area contributed by atoms with Crippen LogP contribution in [-0.2, 0) is 10.0 Å². The van der Waals surface area contributed by atoms with Gasteiger partial charge in [-0.1, -0.05) is 64.7 Å². The molecule has 22 heavy (non-hydrogen) atoms. The maximum Gasteiger partial charge on any atom is 0.214 e. The number of aliphatic hydroxyl groups excluding tert-OH is 2. The lowest BCUT2D eigenvalue weighted by Crippen LogP contribution is -2.37. The zero-order valence-electron chi connectivity index (χ0n) is 14.2. The van der Waals surface area contributed by atoms with E-state index in [0.717, 1.165) is 12.8 Å². The lowest BCUT2D eigenvalue weighted by atomic mass is 10.1. The van der Waals surface area contributed by atoms with Crippen LogP contribution in [0.4, 0.5) is 0 Å². The molecule has 0 spiro atoms. The van der Waals surface area contributed by atoms with Gasteiger partial charge in [0.1, 0.15) is 0 Å². The molecule has 0 aromatic rings. The van der Waals surface area contributed by atoms with Gasteiger partial charge in [-0.3, -0.25) is 0 Å². The second-order valence-corrected chi connectivity index (χ2v) is 7.93. The van der Waals surface area contributed by atoms with E-state index < -0.39 is 10.0 Å². The summed E-state index contributed by atoms with van der Waals surface area (Å²) < 4.78 is 25.3. The van der Waals surface area contributed by atoms with Crippen molar-refractivity contribution in [3.63, 3.8) is 0 Å². The van der Waals surface area contributed by atoms with Crippen LogP contribution in [0.15, 0.2) is 0 Å². The SMILES string of the molecule is CCCCCCCCCCCCS(=O)(=O)N(CCO)CCO. The van der Waals surface area contributed by atoms with Crippen molar-refractivity contribution in [3.8, 4) is 0 Å². The molecule has 134 valence electrons. The van der Waals surface area contributed by atoms with Crippen LogP contribution in [0.3, 0.4) is 0 Å². The maximum absolute atomic E-state index is 12.0. The van der Waals surface area contributed by atoms with Crippen LogP contribution in [0.25, 0.3) is 0 Å². The summed E-state index contributed by atoms with van der Waals surface area (Å²) in [5, 5.41) is 17.8. The number of rotatable bonds is 16. The van der Waals surface area contributed by atoms with E-state index in [9.17, 15) is 8.42 Å². The fourth-order valence-corrected chi connectivity index (χ4v) is 4.06. The largest absolute Gasteiger partial charge is 0.395 e. The second-order valence-electron chi connectivity index (χ2n) is 5.84. The summed E-state index contributed by atoms with van der Waals surface area (Å²) in [6.07, 6.45) is 11.7. The fraction of sp³-hybridized carbons (Fsp3) is 1.00. The van der Waals surface area contributed by atoms with E-state index in [4.69, 9.17) is 10.2 Å². The molecular formula is C16H35NO4S. The first-order valence-electron chi connectivity index (χ1n) is 8.78. The predicted molar refractivity (Wildman–Crippen MR) is 91.4 cm³/mol. The average molecular weight is 338 g/mol. The number of hydrogen-bond donors (Lipinski definition) is 2. The highest BCUT2D eigenvalue weighted by atomic mass is 32.2. The zero-order chi connectivity index (χ0) is 16.7. The Labute approximate surface area is 136 Å². The normalized spacial score (nSPS) is 12.2. The minimum atomic E-state index is -3.34. The van der Waals surface area contributed by atoms with Gasteiger partial charge >= 0.3 is 0 Å². The Kier molecular flexibility index (Phi) is 14.3. The van der Waals surface area contributed by atoms with Gasteiger partial charge in [-0.2, -0.15) is 4.31 Å². The van der Waals surface area contributed by atoms with Crippen molar-refractivity contribution in [3.05, 3.63) is 0 Å². The van der Waals surface area contributed by atoms with Crippen LogP contribution in [0.1, 0.15) is 71.1 Å². The summed E-state index contributed by atoms with van der Waals surface area (Å²) in [5.41, 5.74) is 0. The maximum atomic E-state index is 12.0. The molecule has 0 amide bonds. The molecule has 0 rings (SSSR count). The molecular weight excluding hydrogens is 302 g/mol. The molecule has 0 radical (unpaired) electrons. The fourth-order valence-electron chi connectivity index (χ4n) is 2.51. The number of aliphatic hydroxyl groups is 2. The molecule has 0 aromatic carbocycles. The summed E-state index contributed by atoms with van der Waals surface area (Å²) in [7, 11) is -3.34. The minimum Gasteiger partial charge on any atom is -0.395 e. The third-order valence-corrected chi connectivity index (χ3v) is 5.80. The quantitative estimate of drug-likeness (QED) is 0.424. The van der Waals surface area contributed by atoms with E-state index in [1.54, 1.807) is 0 Å². The highest BCUT2D eigenvalue weighted by Gasteiger charge is 2.20. The summed E-state index contributed by atoms with van der Waals surface area (Å²) in [4.78, 5) is 0. The van der Waals surface area contributed by atoms with Gasteiger partial charge in [-0.05, 0) is 6.42 Å². The predicted octanol–water partition coefficient (Wildman–Crippen LogP) is 2.52. The molecule has 0 fully saturated rings. The topological polar surface area (TPSA) is 77.8 Å². The van der Waals surface area contributed by atoms with E-state index >= 15 is 0 Å². The molecule has 0 bridgehead atoms. The number of unbranched alkanes of at least 4 members (excludes halogenated alkanes) is 9. The van der Waals surface area contributed by atoms with Gasteiger partial charge in [0.15, 0.2) is 0 Å². The van der Waals surface area contributed by atoms with E-state index in [0.29, 0.717) is 6.42 Å². The molecule has 0 aliphatic rings. The molecule has 5 nitrogen and oxygen atoms in total. The first kappa shape index (κ1) is 21.8. The van der Waals surface area contributed by atoms with Gasteiger partial charge in [0.05, 0.1) is 19.0 Å². The Morgan fingerprint density at radius 1 is 0.727 bits per heavy atom. The Morgan fingerprint density at radius 3 is 1.55 bits per heavy atom. The molecule has 0 aromatic heterocycles. The standard InChI is InChI=1S/C16H35NO4S/c1-2-3-4-5-6-7-8-9-10-11-16-22(20,21)17(12-14-18)13-15-19/h18-19H,2-16H2,1H3. The summed E-state index contributed by atoms with van der Waals surface area (Å²) in [5.74, 6) is 0.115. The Hall–Kier alpha value is -0.170.